The van der Waals surface area contributed by atoms with Gasteiger partial charge in [-0.3, -0.25) is 9.20 Å². The molecule has 1 amide bonds. The summed E-state index contributed by atoms with van der Waals surface area (Å²) in [7, 11) is 0. The molecule has 4 heteroatoms. The summed E-state index contributed by atoms with van der Waals surface area (Å²) in [6, 6.07) is 16.4. The van der Waals surface area contributed by atoms with Gasteiger partial charge in [0, 0.05) is 24.6 Å². The molecule has 3 aromatic rings. The number of likely N-dealkylation sites (tertiary alicyclic amines) is 1. The summed E-state index contributed by atoms with van der Waals surface area (Å²) in [5.41, 5.74) is 4.39. The zero-order chi connectivity index (χ0) is 15.8. The average molecular weight is 305 g/mol. The lowest BCUT2D eigenvalue weighted by molar-refractivity contribution is -0.128. The van der Waals surface area contributed by atoms with Crippen molar-refractivity contribution in [3.8, 4) is 0 Å². The maximum absolute atomic E-state index is 12.4. The minimum absolute atomic E-state index is 0.224. The number of aryl methyl sites for hydroxylation is 1. The van der Waals surface area contributed by atoms with E-state index in [-0.39, 0.29) is 5.91 Å². The van der Waals surface area contributed by atoms with Crippen LogP contribution in [0.4, 0.5) is 0 Å². The Morgan fingerprint density at radius 1 is 1.13 bits per heavy atom. The zero-order valence-electron chi connectivity index (χ0n) is 13.1. The van der Waals surface area contributed by atoms with Gasteiger partial charge in [-0.15, -0.1) is 0 Å². The second-order valence-corrected chi connectivity index (χ2v) is 6.20. The molecular formula is C19H19N3O. The van der Waals surface area contributed by atoms with Crippen LogP contribution in [0.1, 0.15) is 29.3 Å². The molecule has 0 aliphatic carbocycles. The smallest absolute Gasteiger partial charge is 0.223 e. The lowest BCUT2D eigenvalue weighted by atomic mass is 9.99. The standard InChI is InChI=1S/C19H19N3O/c1-14-6-5-9-18-20-11-17(22(14)18)13-21-12-16(10-19(21)23)15-7-3-2-4-8-15/h2-9,11,16H,10,12-13H2,1H3. The molecule has 1 unspecified atom stereocenters. The number of amides is 1. The Hall–Kier alpha value is -2.62. The predicted octanol–water partition coefficient (Wildman–Crippen LogP) is 3.16. The van der Waals surface area contributed by atoms with E-state index in [1.807, 2.05) is 41.4 Å². The number of nitrogens with zero attached hydrogens (tertiary/aromatic N) is 3. The number of imidazole rings is 1. The third-order valence-corrected chi connectivity index (χ3v) is 4.64. The fraction of sp³-hybridized carbons (Fsp3) is 0.263. The molecule has 3 heterocycles. The highest BCUT2D eigenvalue weighted by Crippen LogP contribution is 2.29. The molecule has 0 saturated carbocycles. The van der Waals surface area contributed by atoms with Gasteiger partial charge in [0.1, 0.15) is 5.65 Å². The van der Waals surface area contributed by atoms with E-state index in [0.717, 1.165) is 23.6 Å². The van der Waals surface area contributed by atoms with Crippen LogP contribution >= 0.6 is 0 Å². The molecule has 2 aromatic heterocycles. The van der Waals surface area contributed by atoms with Crippen molar-refractivity contribution in [2.75, 3.05) is 6.54 Å². The van der Waals surface area contributed by atoms with E-state index < -0.39 is 0 Å². The van der Waals surface area contributed by atoms with Gasteiger partial charge in [-0.1, -0.05) is 36.4 Å². The number of fused-ring (bicyclic) bond motifs is 1. The van der Waals surface area contributed by atoms with Gasteiger partial charge in [0.2, 0.25) is 5.91 Å². The molecular weight excluding hydrogens is 286 g/mol. The Bertz CT molecular complexity index is 853. The first kappa shape index (κ1) is 14.0. The molecule has 1 saturated heterocycles. The highest BCUT2D eigenvalue weighted by atomic mass is 16.2. The molecule has 0 bridgehead atoms. The van der Waals surface area contributed by atoms with Crippen LogP contribution in [0, 0.1) is 6.92 Å². The molecule has 4 rings (SSSR count). The van der Waals surface area contributed by atoms with Gasteiger partial charge in [-0.25, -0.2) is 4.98 Å². The Morgan fingerprint density at radius 2 is 1.96 bits per heavy atom. The number of pyridine rings is 1. The summed E-state index contributed by atoms with van der Waals surface area (Å²) in [5.74, 6) is 0.520. The van der Waals surface area contributed by atoms with Crippen LogP contribution in [0.5, 0.6) is 0 Å². The first-order valence-electron chi connectivity index (χ1n) is 7.97. The van der Waals surface area contributed by atoms with E-state index >= 15 is 0 Å². The fourth-order valence-corrected chi connectivity index (χ4v) is 3.46. The summed E-state index contributed by atoms with van der Waals surface area (Å²) in [5, 5.41) is 0. The predicted molar refractivity (Wildman–Crippen MR) is 89.1 cm³/mol. The SMILES string of the molecule is Cc1cccc2ncc(CN3CC(c4ccccc4)CC3=O)n12. The van der Waals surface area contributed by atoms with Crippen molar-refractivity contribution in [1.29, 1.82) is 0 Å². The Labute approximate surface area is 135 Å². The number of carbonyl (C=O) groups is 1. The summed E-state index contributed by atoms with van der Waals surface area (Å²) in [4.78, 5) is 18.8. The van der Waals surface area contributed by atoms with E-state index in [9.17, 15) is 4.79 Å². The molecule has 1 aliphatic heterocycles. The number of aromatic nitrogens is 2. The van der Waals surface area contributed by atoms with Crippen molar-refractivity contribution < 1.29 is 4.79 Å². The number of hydrogen-bond donors (Lipinski definition) is 0. The second kappa shape index (κ2) is 5.54. The molecule has 1 fully saturated rings. The van der Waals surface area contributed by atoms with Crippen LogP contribution in [0.25, 0.3) is 5.65 Å². The number of carbonyl (C=O) groups excluding carboxylic acids is 1. The van der Waals surface area contributed by atoms with Gasteiger partial charge in [0.05, 0.1) is 18.4 Å². The maximum Gasteiger partial charge on any atom is 0.223 e. The van der Waals surface area contributed by atoms with Crippen molar-refractivity contribution in [1.82, 2.24) is 14.3 Å². The first-order chi connectivity index (χ1) is 11.2. The highest BCUT2D eigenvalue weighted by molar-refractivity contribution is 5.79. The fourth-order valence-electron chi connectivity index (χ4n) is 3.46. The zero-order valence-corrected chi connectivity index (χ0v) is 13.1. The van der Waals surface area contributed by atoms with Crippen molar-refractivity contribution in [3.63, 3.8) is 0 Å². The third-order valence-electron chi connectivity index (χ3n) is 4.64. The second-order valence-electron chi connectivity index (χ2n) is 6.20. The molecule has 0 spiro atoms. The quantitative estimate of drug-likeness (QED) is 0.745. The Kier molecular flexibility index (Phi) is 3.37. The summed E-state index contributed by atoms with van der Waals surface area (Å²) in [6.07, 6.45) is 2.48. The number of rotatable bonds is 3. The van der Waals surface area contributed by atoms with Gasteiger partial charge in [0.25, 0.3) is 0 Å². The average Bonchev–Trinajstić information content (AvgIpc) is 3.14. The first-order valence-corrected chi connectivity index (χ1v) is 7.97. The highest BCUT2D eigenvalue weighted by Gasteiger charge is 2.31. The van der Waals surface area contributed by atoms with Gasteiger partial charge < -0.3 is 4.90 Å². The lowest BCUT2D eigenvalue weighted by Gasteiger charge is -2.17. The normalized spacial score (nSPS) is 18.0. The molecule has 1 atom stereocenters. The van der Waals surface area contributed by atoms with Crippen LogP contribution in [-0.4, -0.2) is 26.7 Å². The molecule has 4 nitrogen and oxygen atoms in total. The summed E-state index contributed by atoms with van der Waals surface area (Å²) in [6.45, 7) is 3.47. The number of hydrogen-bond acceptors (Lipinski definition) is 2. The van der Waals surface area contributed by atoms with Crippen LogP contribution in [0.3, 0.4) is 0 Å². The Morgan fingerprint density at radius 3 is 2.78 bits per heavy atom. The largest absolute Gasteiger partial charge is 0.336 e. The van der Waals surface area contributed by atoms with Crippen molar-refractivity contribution in [2.45, 2.75) is 25.8 Å². The molecule has 1 aliphatic rings. The van der Waals surface area contributed by atoms with Crippen molar-refractivity contribution >= 4 is 11.6 Å². The molecule has 1 aromatic carbocycles. The van der Waals surface area contributed by atoms with E-state index in [1.165, 1.54) is 5.56 Å². The van der Waals surface area contributed by atoms with Crippen LogP contribution in [-0.2, 0) is 11.3 Å². The number of benzene rings is 1. The molecule has 23 heavy (non-hydrogen) atoms. The van der Waals surface area contributed by atoms with Gasteiger partial charge in [-0.2, -0.15) is 0 Å². The topological polar surface area (TPSA) is 37.6 Å². The molecule has 116 valence electrons. The van der Waals surface area contributed by atoms with Crippen LogP contribution in [0.15, 0.2) is 54.7 Å². The minimum atomic E-state index is 0.224. The monoisotopic (exact) mass is 305 g/mol. The van der Waals surface area contributed by atoms with E-state index in [1.54, 1.807) is 0 Å². The van der Waals surface area contributed by atoms with E-state index in [2.05, 4.69) is 34.5 Å². The van der Waals surface area contributed by atoms with Gasteiger partial charge in [-0.05, 0) is 24.6 Å². The third kappa shape index (κ3) is 2.50. The van der Waals surface area contributed by atoms with Gasteiger partial charge >= 0.3 is 0 Å². The summed E-state index contributed by atoms with van der Waals surface area (Å²) >= 11 is 0. The molecule has 0 radical (unpaired) electrons. The van der Waals surface area contributed by atoms with Crippen molar-refractivity contribution in [2.24, 2.45) is 0 Å². The van der Waals surface area contributed by atoms with Crippen LogP contribution in [0.2, 0.25) is 0 Å². The van der Waals surface area contributed by atoms with Crippen LogP contribution < -0.4 is 0 Å². The minimum Gasteiger partial charge on any atom is -0.336 e. The Balaban J connectivity index is 1.58. The molecule has 0 N–H and O–H groups in total. The summed E-state index contributed by atoms with van der Waals surface area (Å²) < 4.78 is 2.13. The van der Waals surface area contributed by atoms with Gasteiger partial charge in [0.15, 0.2) is 0 Å². The lowest BCUT2D eigenvalue weighted by Crippen LogP contribution is -2.25. The van der Waals surface area contributed by atoms with E-state index in [0.29, 0.717) is 18.9 Å². The maximum atomic E-state index is 12.4. The van der Waals surface area contributed by atoms with Crippen molar-refractivity contribution in [3.05, 3.63) is 71.7 Å². The van der Waals surface area contributed by atoms with E-state index in [4.69, 9.17) is 0 Å².